The third-order valence-electron chi connectivity index (χ3n) is 7.34. The van der Waals surface area contributed by atoms with Crippen molar-refractivity contribution < 1.29 is 9.90 Å². The number of likely N-dealkylation sites (tertiary alicyclic amines) is 1. The van der Waals surface area contributed by atoms with E-state index in [1.165, 1.54) is 29.5 Å². The Hall–Kier alpha value is -1.87. The highest BCUT2D eigenvalue weighted by atomic mass is 16.3. The number of allylic oxidation sites excluding steroid dienone is 3. The van der Waals surface area contributed by atoms with E-state index < -0.39 is 0 Å². The highest BCUT2D eigenvalue weighted by Crippen LogP contribution is 2.48. The summed E-state index contributed by atoms with van der Waals surface area (Å²) in [5, 5.41) is 10.6. The topological polar surface area (TPSA) is 40.5 Å². The van der Waals surface area contributed by atoms with Crippen molar-refractivity contribution in [2.45, 2.75) is 70.8 Å². The summed E-state index contributed by atoms with van der Waals surface area (Å²) in [7, 11) is 0. The lowest BCUT2D eigenvalue weighted by molar-refractivity contribution is -0.130. The molecule has 1 saturated heterocycles. The average Bonchev–Trinajstić information content (AvgIpc) is 3.43. The van der Waals surface area contributed by atoms with E-state index in [9.17, 15) is 9.90 Å². The molecule has 1 amide bonds. The van der Waals surface area contributed by atoms with Crippen LogP contribution < -0.4 is 0 Å². The molecule has 1 heterocycles. The number of carbonyl (C=O) groups excluding carboxylic acids is 1. The Morgan fingerprint density at radius 2 is 2.07 bits per heavy atom. The molecule has 4 rings (SSSR count). The molecule has 3 aliphatic rings. The van der Waals surface area contributed by atoms with E-state index in [4.69, 9.17) is 0 Å². The fraction of sp³-hybridized carbons (Fsp3) is 0.593. The van der Waals surface area contributed by atoms with Crippen LogP contribution in [0.25, 0.3) is 0 Å². The Labute approximate surface area is 181 Å². The van der Waals surface area contributed by atoms with Crippen LogP contribution in [0.1, 0.15) is 62.5 Å². The molecule has 0 radical (unpaired) electrons. The lowest BCUT2D eigenvalue weighted by Gasteiger charge is -2.18. The van der Waals surface area contributed by atoms with Crippen molar-refractivity contribution >= 4 is 5.91 Å². The Morgan fingerprint density at radius 1 is 1.23 bits per heavy atom. The van der Waals surface area contributed by atoms with Gasteiger partial charge in [-0.05, 0) is 75.7 Å². The van der Waals surface area contributed by atoms with E-state index in [-0.39, 0.29) is 12.0 Å². The number of aryl methyl sites for hydroxylation is 2. The van der Waals surface area contributed by atoms with Crippen LogP contribution in [-0.4, -0.2) is 35.1 Å². The maximum absolute atomic E-state index is 12.2. The van der Waals surface area contributed by atoms with Gasteiger partial charge in [-0.15, -0.1) is 0 Å². The van der Waals surface area contributed by atoms with Crippen molar-refractivity contribution in [1.29, 1.82) is 0 Å². The second kappa shape index (κ2) is 9.96. The van der Waals surface area contributed by atoms with Crippen LogP contribution in [0.15, 0.2) is 48.1 Å². The van der Waals surface area contributed by atoms with Crippen LogP contribution in [0, 0.1) is 24.7 Å². The van der Waals surface area contributed by atoms with Crippen molar-refractivity contribution in [1.82, 2.24) is 4.90 Å². The first-order chi connectivity index (χ1) is 14.6. The van der Waals surface area contributed by atoms with Crippen molar-refractivity contribution in [3.63, 3.8) is 0 Å². The molecule has 2 aliphatic carbocycles. The van der Waals surface area contributed by atoms with Crippen LogP contribution in [0.5, 0.6) is 0 Å². The van der Waals surface area contributed by atoms with Crippen molar-refractivity contribution in [2.24, 2.45) is 17.8 Å². The average molecular weight is 408 g/mol. The summed E-state index contributed by atoms with van der Waals surface area (Å²) >= 11 is 0. The summed E-state index contributed by atoms with van der Waals surface area (Å²) in [5.41, 5.74) is 4.22. The molecule has 3 nitrogen and oxygen atoms in total. The molecule has 2 fully saturated rings. The van der Waals surface area contributed by atoms with Crippen molar-refractivity contribution in [3.8, 4) is 0 Å². The molecule has 1 aromatic carbocycles. The van der Waals surface area contributed by atoms with Gasteiger partial charge in [0.2, 0.25) is 5.91 Å². The fourth-order valence-corrected chi connectivity index (χ4v) is 5.75. The first kappa shape index (κ1) is 21.4. The largest absolute Gasteiger partial charge is 0.392 e. The highest BCUT2D eigenvalue weighted by molar-refractivity contribution is 5.76. The standard InChI is InChI=1S/C27H37NO2/c1-20-8-6-10-21(16-20)9-2-3-12-24-25-18-22(17-23(25)19-26(24)29)11-7-13-27(30)28-14-4-5-15-28/h3,6,8,10,12,16-17,23-26,29H,2,4-5,7,9,11,13-15,18-19H2,1H3/b12-3+/t23-,24+,25-,26+/m0/s1. The predicted octanol–water partition coefficient (Wildman–Crippen LogP) is 5.22. The lowest BCUT2D eigenvalue weighted by atomic mass is 9.88. The summed E-state index contributed by atoms with van der Waals surface area (Å²) < 4.78 is 0. The number of aliphatic hydroxyl groups is 1. The molecule has 0 unspecified atom stereocenters. The number of rotatable bonds is 8. The zero-order chi connectivity index (χ0) is 20.9. The van der Waals surface area contributed by atoms with Gasteiger partial charge in [0, 0.05) is 25.4 Å². The smallest absolute Gasteiger partial charge is 0.222 e. The second-order valence-electron chi connectivity index (χ2n) is 9.63. The SMILES string of the molecule is Cc1cccc(CC/C=C/[C@@H]2[C@H]3CC(CCCC(=O)N4CCCC4)=C[C@H]3C[C@H]2O)c1. The van der Waals surface area contributed by atoms with Gasteiger partial charge in [-0.25, -0.2) is 0 Å². The minimum Gasteiger partial charge on any atom is -0.392 e. The first-order valence-corrected chi connectivity index (χ1v) is 12.0. The van der Waals surface area contributed by atoms with E-state index in [2.05, 4.69) is 49.4 Å². The lowest BCUT2D eigenvalue weighted by Crippen LogP contribution is -2.27. The van der Waals surface area contributed by atoms with E-state index >= 15 is 0 Å². The van der Waals surface area contributed by atoms with Crippen molar-refractivity contribution in [2.75, 3.05) is 13.1 Å². The molecule has 0 spiro atoms. The zero-order valence-electron chi connectivity index (χ0n) is 18.4. The minimum absolute atomic E-state index is 0.204. The number of aliphatic hydroxyl groups excluding tert-OH is 1. The Balaban J connectivity index is 1.22. The summed E-state index contributed by atoms with van der Waals surface area (Å²) in [4.78, 5) is 14.3. The highest BCUT2D eigenvalue weighted by Gasteiger charge is 2.43. The number of nitrogens with zero attached hydrogens (tertiary/aromatic N) is 1. The second-order valence-corrected chi connectivity index (χ2v) is 9.63. The summed E-state index contributed by atoms with van der Waals surface area (Å²) in [5.74, 6) is 1.71. The number of hydrogen-bond donors (Lipinski definition) is 1. The summed E-state index contributed by atoms with van der Waals surface area (Å²) in [6, 6.07) is 8.73. The molecular formula is C27H37NO2. The van der Waals surface area contributed by atoms with Gasteiger partial charge < -0.3 is 10.0 Å². The maximum Gasteiger partial charge on any atom is 0.222 e. The van der Waals surface area contributed by atoms with Crippen LogP contribution in [-0.2, 0) is 11.2 Å². The molecule has 30 heavy (non-hydrogen) atoms. The number of hydrogen-bond acceptors (Lipinski definition) is 2. The number of benzene rings is 1. The van der Waals surface area contributed by atoms with Crippen molar-refractivity contribution in [3.05, 3.63) is 59.2 Å². The first-order valence-electron chi connectivity index (χ1n) is 12.0. The Kier molecular flexibility index (Phi) is 7.09. The fourth-order valence-electron chi connectivity index (χ4n) is 5.75. The summed E-state index contributed by atoms with van der Waals surface area (Å²) in [6.45, 7) is 4.06. The van der Waals surface area contributed by atoms with Gasteiger partial charge in [-0.2, -0.15) is 0 Å². The van der Waals surface area contributed by atoms with Gasteiger partial charge in [-0.3, -0.25) is 4.79 Å². The quantitative estimate of drug-likeness (QED) is 0.600. The van der Waals surface area contributed by atoms with Gasteiger partial charge in [0.15, 0.2) is 0 Å². The molecule has 1 aliphatic heterocycles. The van der Waals surface area contributed by atoms with E-state index in [1.807, 2.05) is 4.90 Å². The molecule has 0 aromatic heterocycles. The number of carbonyl (C=O) groups is 1. The monoisotopic (exact) mass is 407 g/mol. The molecule has 4 atom stereocenters. The molecule has 162 valence electrons. The van der Waals surface area contributed by atoms with E-state index in [0.29, 0.717) is 24.2 Å². The molecular weight excluding hydrogens is 370 g/mol. The molecule has 1 N–H and O–H groups in total. The molecule has 3 heteroatoms. The van der Waals surface area contributed by atoms with Crippen LogP contribution >= 0.6 is 0 Å². The van der Waals surface area contributed by atoms with Gasteiger partial charge in [0.1, 0.15) is 0 Å². The van der Waals surface area contributed by atoms with E-state index in [1.54, 1.807) is 0 Å². The van der Waals surface area contributed by atoms with Gasteiger partial charge in [-0.1, -0.05) is 53.6 Å². The molecule has 0 bridgehead atoms. The van der Waals surface area contributed by atoms with Crippen LogP contribution in [0.2, 0.25) is 0 Å². The van der Waals surface area contributed by atoms with E-state index in [0.717, 1.165) is 51.6 Å². The Bertz CT molecular complexity index is 790. The normalized spacial score (nSPS) is 28.3. The van der Waals surface area contributed by atoms with Gasteiger partial charge in [0.25, 0.3) is 0 Å². The van der Waals surface area contributed by atoms with Crippen LogP contribution in [0.4, 0.5) is 0 Å². The third kappa shape index (κ3) is 5.24. The minimum atomic E-state index is -0.204. The predicted molar refractivity (Wildman–Crippen MR) is 122 cm³/mol. The van der Waals surface area contributed by atoms with Crippen LogP contribution in [0.3, 0.4) is 0 Å². The molecule has 1 aromatic rings. The molecule has 1 saturated carbocycles. The van der Waals surface area contributed by atoms with Gasteiger partial charge in [0.05, 0.1) is 6.10 Å². The number of fused-ring (bicyclic) bond motifs is 1. The number of amides is 1. The zero-order valence-corrected chi connectivity index (χ0v) is 18.4. The summed E-state index contributed by atoms with van der Waals surface area (Å²) in [6.07, 6.45) is 15.9. The maximum atomic E-state index is 12.2. The Morgan fingerprint density at radius 3 is 2.87 bits per heavy atom. The third-order valence-corrected chi connectivity index (χ3v) is 7.34. The van der Waals surface area contributed by atoms with Gasteiger partial charge >= 0.3 is 0 Å².